The van der Waals surface area contributed by atoms with Crippen molar-refractivity contribution in [3.05, 3.63) is 33.9 Å². The molecular formula is C20H27N3O5. The molecule has 8 heteroatoms. The molecule has 1 amide bonds. The smallest absolute Gasteiger partial charge is 0.338 e. The van der Waals surface area contributed by atoms with Crippen molar-refractivity contribution in [3.8, 4) is 0 Å². The van der Waals surface area contributed by atoms with Gasteiger partial charge in [-0.3, -0.25) is 14.9 Å². The van der Waals surface area contributed by atoms with Crippen LogP contribution in [0.2, 0.25) is 0 Å². The average molecular weight is 389 g/mol. The Morgan fingerprint density at radius 2 is 1.96 bits per heavy atom. The number of benzene rings is 1. The van der Waals surface area contributed by atoms with Crippen molar-refractivity contribution in [2.45, 2.75) is 58.0 Å². The number of anilines is 1. The Hall–Kier alpha value is -2.64. The zero-order valence-corrected chi connectivity index (χ0v) is 16.3. The first-order chi connectivity index (χ1) is 13.3. The number of nitrogens with one attached hydrogen (secondary N) is 2. The quantitative estimate of drug-likeness (QED) is 0.421. The molecule has 0 aliphatic heterocycles. The van der Waals surface area contributed by atoms with Gasteiger partial charge in [-0.2, -0.15) is 0 Å². The first kappa shape index (κ1) is 20.1. The van der Waals surface area contributed by atoms with E-state index in [1.165, 1.54) is 18.2 Å². The summed E-state index contributed by atoms with van der Waals surface area (Å²) < 4.78 is 5.07. The van der Waals surface area contributed by atoms with Gasteiger partial charge in [0.2, 0.25) is 0 Å². The highest BCUT2D eigenvalue weighted by Gasteiger charge is 2.29. The Bertz CT molecular complexity index is 762. The van der Waals surface area contributed by atoms with Crippen LogP contribution in [0.3, 0.4) is 0 Å². The zero-order valence-electron chi connectivity index (χ0n) is 16.3. The highest BCUT2D eigenvalue weighted by molar-refractivity contribution is 5.93. The average Bonchev–Trinajstić information content (AvgIpc) is 3.47. The zero-order chi connectivity index (χ0) is 20.3. The van der Waals surface area contributed by atoms with E-state index in [4.69, 9.17) is 4.74 Å². The second kappa shape index (κ2) is 8.58. The molecule has 2 aliphatic carbocycles. The van der Waals surface area contributed by atoms with Gasteiger partial charge in [-0.25, -0.2) is 4.79 Å². The lowest BCUT2D eigenvalue weighted by molar-refractivity contribution is -0.384. The van der Waals surface area contributed by atoms with E-state index in [1.54, 1.807) is 0 Å². The summed E-state index contributed by atoms with van der Waals surface area (Å²) in [5, 5.41) is 17.3. The van der Waals surface area contributed by atoms with E-state index < -0.39 is 17.5 Å². The van der Waals surface area contributed by atoms with Crippen LogP contribution in [0.4, 0.5) is 11.4 Å². The lowest BCUT2D eigenvalue weighted by atomic mass is 9.78. The van der Waals surface area contributed by atoms with E-state index in [-0.39, 0.29) is 29.2 Å². The maximum Gasteiger partial charge on any atom is 0.338 e. The van der Waals surface area contributed by atoms with Crippen LogP contribution in [-0.2, 0) is 9.53 Å². The number of nitrogens with zero attached hydrogens (tertiary/aromatic N) is 1. The molecule has 2 saturated carbocycles. The Kier molecular flexibility index (Phi) is 6.16. The fraction of sp³-hybridized carbons (Fsp3) is 0.600. The normalized spacial score (nSPS) is 24.3. The molecule has 0 aromatic heterocycles. The molecule has 3 rings (SSSR count). The number of nitro groups is 1. The maximum atomic E-state index is 12.2. The van der Waals surface area contributed by atoms with E-state index in [9.17, 15) is 19.7 Å². The standard InChI is InChI=1S/C20H27N3O5/c1-12-4-3-5-16(13(12)2)22-19(24)11-28-20(25)14-6-9-17(21-15-7-8-15)18(10-14)23(26)27/h6,9-10,12-13,15-16,21H,3-5,7-8,11H2,1-2H3,(H,22,24)/t12-,13+,16-/m0/s1. The largest absolute Gasteiger partial charge is 0.452 e. The molecule has 2 fully saturated rings. The van der Waals surface area contributed by atoms with Gasteiger partial charge in [-0.15, -0.1) is 0 Å². The molecule has 2 aliphatic rings. The molecule has 152 valence electrons. The first-order valence-electron chi connectivity index (χ1n) is 9.86. The molecule has 0 saturated heterocycles. The predicted molar refractivity (Wildman–Crippen MR) is 104 cm³/mol. The summed E-state index contributed by atoms with van der Waals surface area (Å²) in [5.41, 5.74) is 0.276. The van der Waals surface area contributed by atoms with Gasteiger partial charge in [0.25, 0.3) is 11.6 Å². The van der Waals surface area contributed by atoms with Crippen molar-refractivity contribution < 1.29 is 19.2 Å². The van der Waals surface area contributed by atoms with Crippen LogP contribution in [-0.4, -0.2) is 35.5 Å². The SMILES string of the molecule is C[C@H]1[C@@H](NC(=O)COC(=O)c2ccc(NC3CC3)c([N+](=O)[O-])c2)CCC[C@@H]1C. The van der Waals surface area contributed by atoms with Gasteiger partial charge >= 0.3 is 5.97 Å². The fourth-order valence-corrected chi connectivity index (χ4v) is 3.63. The molecule has 1 aromatic rings. The summed E-state index contributed by atoms with van der Waals surface area (Å²) in [6.45, 7) is 3.90. The van der Waals surface area contributed by atoms with E-state index in [0.717, 1.165) is 32.1 Å². The molecule has 0 spiro atoms. The first-order valence-corrected chi connectivity index (χ1v) is 9.86. The van der Waals surface area contributed by atoms with E-state index >= 15 is 0 Å². The van der Waals surface area contributed by atoms with Gasteiger partial charge in [-0.05, 0) is 43.2 Å². The molecular weight excluding hydrogens is 362 g/mol. The predicted octanol–water partition coefficient (Wildman–Crippen LogP) is 3.27. The number of carbonyl (C=O) groups excluding carboxylic acids is 2. The minimum atomic E-state index is -0.749. The summed E-state index contributed by atoms with van der Waals surface area (Å²) in [7, 11) is 0. The van der Waals surface area contributed by atoms with Gasteiger partial charge in [0.1, 0.15) is 5.69 Å². The van der Waals surface area contributed by atoms with Crippen molar-refractivity contribution in [1.29, 1.82) is 0 Å². The summed E-state index contributed by atoms with van der Waals surface area (Å²) in [4.78, 5) is 35.1. The minimum Gasteiger partial charge on any atom is -0.452 e. The van der Waals surface area contributed by atoms with E-state index in [1.807, 2.05) is 0 Å². The molecule has 28 heavy (non-hydrogen) atoms. The van der Waals surface area contributed by atoms with Gasteiger partial charge in [0.15, 0.2) is 6.61 Å². The van der Waals surface area contributed by atoms with Crippen LogP contribution in [0.25, 0.3) is 0 Å². The van der Waals surface area contributed by atoms with Crippen molar-refractivity contribution in [2.75, 3.05) is 11.9 Å². The number of ether oxygens (including phenoxy) is 1. The number of carbonyl (C=O) groups is 2. The molecule has 0 radical (unpaired) electrons. The summed E-state index contributed by atoms with van der Waals surface area (Å²) in [5.74, 6) is -0.172. The van der Waals surface area contributed by atoms with Gasteiger partial charge in [0.05, 0.1) is 10.5 Å². The number of rotatable bonds is 7. The highest BCUT2D eigenvalue weighted by Crippen LogP contribution is 2.32. The van der Waals surface area contributed by atoms with Crippen LogP contribution < -0.4 is 10.6 Å². The number of esters is 1. The van der Waals surface area contributed by atoms with Crippen molar-refractivity contribution in [1.82, 2.24) is 5.32 Å². The van der Waals surface area contributed by atoms with Gasteiger partial charge < -0.3 is 15.4 Å². The maximum absolute atomic E-state index is 12.2. The van der Waals surface area contributed by atoms with Crippen LogP contribution >= 0.6 is 0 Å². The lowest BCUT2D eigenvalue weighted by Gasteiger charge is -2.34. The van der Waals surface area contributed by atoms with Gasteiger partial charge in [0, 0.05) is 18.2 Å². The molecule has 0 bridgehead atoms. The Balaban J connectivity index is 1.56. The second-order valence-electron chi connectivity index (χ2n) is 7.93. The van der Waals surface area contributed by atoms with Crippen molar-refractivity contribution in [2.24, 2.45) is 11.8 Å². The fourth-order valence-electron chi connectivity index (χ4n) is 3.63. The molecule has 0 unspecified atom stereocenters. The second-order valence-corrected chi connectivity index (χ2v) is 7.93. The number of amides is 1. The van der Waals surface area contributed by atoms with Crippen LogP contribution in [0.5, 0.6) is 0 Å². The van der Waals surface area contributed by atoms with E-state index in [0.29, 0.717) is 17.5 Å². The summed E-state index contributed by atoms with van der Waals surface area (Å²) in [6, 6.07) is 4.52. The highest BCUT2D eigenvalue weighted by atomic mass is 16.6. The van der Waals surface area contributed by atoms with Crippen LogP contribution in [0, 0.1) is 22.0 Å². The van der Waals surface area contributed by atoms with Crippen LogP contribution in [0.15, 0.2) is 18.2 Å². The molecule has 0 heterocycles. The lowest BCUT2D eigenvalue weighted by Crippen LogP contribution is -2.45. The Morgan fingerprint density at radius 1 is 1.21 bits per heavy atom. The molecule has 3 atom stereocenters. The Labute approximate surface area is 164 Å². The van der Waals surface area contributed by atoms with Crippen molar-refractivity contribution >= 4 is 23.3 Å². The van der Waals surface area contributed by atoms with Crippen molar-refractivity contribution in [3.63, 3.8) is 0 Å². The number of hydrogen-bond donors (Lipinski definition) is 2. The molecule has 2 N–H and O–H groups in total. The summed E-state index contributed by atoms with van der Waals surface area (Å²) >= 11 is 0. The van der Waals surface area contributed by atoms with Gasteiger partial charge in [-0.1, -0.05) is 26.7 Å². The Morgan fingerprint density at radius 3 is 2.64 bits per heavy atom. The monoisotopic (exact) mass is 389 g/mol. The van der Waals surface area contributed by atoms with Crippen LogP contribution in [0.1, 0.15) is 56.3 Å². The third-order valence-corrected chi connectivity index (χ3v) is 5.75. The number of hydrogen-bond acceptors (Lipinski definition) is 6. The molecule has 1 aromatic carbocycles. The third kappa shape index (κ3) is 4.99. The summed E-state index contributed by atoms with van der Waals surface area (Å²) in [6.07, 6.45) is 5.11. The number of nitro benzene ring substituents is 1. The minimum absolute atomic E-state index is 0.0560. The third-order valence-electron chi connectivity index (χ3n) is 5.75. The topological polar surface area (TPSA) is 111 Å². The van der Waals surface area contributed by atoms with E-state index in [2.05, 4.69) is 24.5 Å². The molecule has 8 nitrogen and oxygen atoms in total.